The Morgan fingerprint density at radius 1 is 1.02 bits per heavy atom. The molecule has 2 aromatic heterocycles. The fourth-order valence-corrected chi connectivity index (χ4v) is 7.72. The lowest BCUT2D eigenvalue weighted by molar-refractivity contribution is -0.152. The summed E-state index contributed by atoms with van der Waals surface area (Å²) in [4.78, 5) is 35.1. The monoisotopic (exact) mass is 692 g/mol. The Balaban J connectivity index is 1.17. The van der Waals surface area contributed by atoms with Gasteiger partial charge in [0.1, 0.15) is 11.6 Å². The van der Waals surface area contributed by atoms with Gasteiger partial charge < -0.3 is 25.0 Å². The number of hydrogen-bond donors (Lipinski definition) is 2. The molecule has 2 aliphatic heterocycles. The van der Waals surface area contributed by atoms with Crippen molar-refractivity contribution in [3.05, 3.63) is 52.9 Å². The highest BCUT2D eigenvalue weighted by Gasteiger charge is 2.38. The van der Waals surface area contributed by atoms with Crippen LogP contribution in [-0.2, 0) is 9.53 Å². The van der Waals surface area contributed by atoms with Crippen molar-refractivity contribution in [2.75, 3.05) is 69.3 Å². The van der Waals surface area contributed by atoms with Crippen molar-refractivity contribution in [1.29, 1.82) is 0 Å². The number of anilines is 5. The fraction of sp³-hybridized carbons (Fsp3) is 0.406. The third-order valence-corrected chi connectivity index (χ3v) is 10.5. The Morgan fingerprint density at radius 3 is 2.49 bits per heavy atom. The molecule has 2 aliphatic rings. The van der Waals surface area contributed by atoms with Crippen LogP contribution < -0.4 is 25.6 Å². The van der Waals surface area contributed by atoms with Crippen molar-refractivity contribution in [1.82, 2.24) is 24.8 Å². The van der Waals surface area contributed by atoms with Crippen molar-refractivity contribution in [2.24, 2.45) is 5.92 Å². The molecule has 0 aliphatic carbocycles. The maximum Gasteiger partial charge on any atom is 0.311 e. The number of nitrogens with zero attached hydrogens (tertiary/aromatic N) is 6. The number of carbonyl (C=O) groups excluding carboxylic acids is 1. The van der Waals surface area contributed by atoms with Crippen LogP contribution in [0.4, 0.5) is 28.8 Å². The van der Waals surface area contributed by atoms with Gasteiger partial charge in [0.25, 0.3) is 0 Å². The van der Waals surface area contributed by atoms with Crippen molar-refractivity contribution in [3.8, 4) is 5.75 Å². The zero-order chi connectivity index (χ0) is 31.7. The molecule has 0 radical (unpaired) electrons. The number of hydrogen-bond acceptors (Lipinski definition) is 11. The van der Waals surface area contributed by atoms with E-state index in [2.05, 4.69) is 83.7 Å². The van der Waals surface area contributed by atoms with Crippen LogP contribution in [0.2, 0.25) is 0 Å². The molecule has 0 spiro atoms. The lowest BCUT2D eigenvalue weighted by Crippen LogP contribution is -2.57. The summed E-state index contributed by atoms with van der Waals surface area (Å²) in [6.45, 7) is 10.0. The maximum absolute atomic E-state index is 11.8. The second-order valence-electron chi connectivity index (χ2n) is 11.7. The standard InChI is InChI=1S/C32H38BrN8O3P/c1-19-14-25(27(43-2)15-26(19)40-12-8-21(9-13-40)41-17-20(18-41)31(42)44-3)38-32-36-16-22(33)30(39-32)37-24-7-6-23-28(29(24)45(4)5)35-11-10-34-23/h6-7,10-11,14-16,20-21H,8-9,12-13,17-18H2,1-5H3,(H2,36,37,38,39). The second kappa shape index (κ2) is 13.4. The van der Waals surface area contributed by atoms with Crippen LogP contribution in [0.15, 0.2) is 47.3 Å². The number of aromatic nitrogens is 4. The first kappa shape index (κ1) is 31.4. The van der Waals surface area contributed by atoms with E-state index in [-0.39, 0.29) is 11.9 Å². The molecule has 236 valence electrons. The van der Waals surface area contributed by atoms with Crippen LogP contribution in [-0.4, -0.2) is 90.6 Å². The molecule has 0 atom stereocenters. The van der Waals surface area contributed by atoms with Gasteiger partial charge in [-0.25, -0.2) is 4.98 Å². The van der Waals surface area contributed by atoms with E-state index in [0.29, 0.717) is 17.8 Å². The smallest absolute Gasteiger partial charge is 0.311 e. The molecule has 2 fully saturated rings. The van der Waals surface area contributed by atoms with Crippen LogP contribution in [0.1, 0.15) is 18.4 Å². The summed E-state index contributed by atoms with van der Waals surface area (Å²) in [6.07, 6.45) is 7.30. The molecular formula is C32H38BrN8O3P. The summed E-state index contributed by atoms with van der Waals surface area (Å²) in [7, 11) is 2.67. The van der Waals surface area contributed by atoms with E-state index in [1.54, 1.807) is 25.7 Å². The third-order valence-electron chi connectivity index (χ3n) is 8.59. The number of aryl methyl sites for hydroxylation is 1. The van der Waals surface area contributed by atoms with Gasteiger partial charge in [-0.3, -0.25) is 19.7 Å². The Labute approximate surface area is 273 Å². The summed E-state index contributed by atoms with van der Waals surface area (Å²) < 4.78 is 11.5. The van der Waals surface area contributed by atoms with E-state index in [0.717, 1.165) is 88.2 Å². The minimum atomic E-state index is -0.477. The molecule has 6 rings (SSSR count). The number of benzene rings is 2. The highest BCUT2D eigenvalue weighted by atomic mass is 79.9. The molecule has 0 unspecified atom stereocenters. The van der Waals surface area contributed by atoms with Crippen LogP contribution in [0.25, 0.3) is 11.0 Å². The first-order valence-electron chi connectivity index (χ1n) is 15.0. The van der Waals surface area contributed by atoms with Gasteiger partial charge in [-0.15, -0.1) is 0 Å². The molecular weight excluding hydrogens is 655 g/mol. The summed E-state index contributed by atoms with van der Waals surface area (Å²) in [6, 6.07) is 8.71. The number of methoxy groups -OCH3 is 2. The molecule has 2 saturated heterocycles. The van der Waals surface area contributed by atoms with Gasteiger partial charge in [-0.05, 0) is 72.8 Å². The van der Waals surface area contributed by atoms with Gasteiger partial charge in [0.15, 0.2) is 0 Å². The Kier molecular flexibility index (Phi) is 9.35. The normalized spacial score (nSPS) is 16.1. The number of rotatable bonds is 9. The van der Waals surface area contributed by atoms with Crippen LogP contribution in [0.5, 0.6) is 5.75 Å². The molecule has 4 heterocycles. The number of likely N-dealkylation sites (tertiary alicyclic amines) is 1. The van der Waals surface area contributed by atoms with E-state index in [9.17, 15) is 4.79 Å². The summed E-state index contributed by atoms with van der Waals surface area (Å²) in [5.41, 5.74) is 5.82. The molecule has 13 heteroatoms. The van der Waals surface area contributed by atoms with Crippen LogP contribution in [0.3, 0.4) is 0 Å². The highest BCUT2D eigenvalue weighted by molar-refractivity contribution is 9.10. The predicted octanol–water partition coefficient (Wildman–Crippen LogP) is 5.43. The quantitative estimate of drug-likeness (QED) is 0.173. The second-order valence-corrected chi connectivity index (χ2v) is 14.7. The molecule has 2 aromatic carbocycles. The Hall–Kier alpha value is -3.60. The molecule has 45 heavy (non-hydrogen) atoms. The van der Waals surface area contributed by atoms with Gasteiger partial charge in [0.05, 0.1) is 41.3 Å². The molecule has 2 N–H and O–H groups in total. The molecule has 0 amide bonds. The minimum absolute atomic E-state index is 0.0213. The average molecular weight is 694 g/mol. The minimum Gasteiger partial charge on any atom is -0.494 e. The van der Waals surface area contributed by atoms with Crippen molar-refractivity contribution in [3.63, 3.8) is 0 Å². The molecule has 0 saturated carbocycles. The predicted molar refractivity (Wildman–Crippen MR) is 184 cm³/mol. The number of carbonyl (C=O) groups is 1. The van der Waals surface area contributed by atoms with E-state index in [4.69, 9.17) is 14.5 Å². The van der Waals surface area contributed by atoms with Crippen molar-refractivity contribution >= 4 is 75.0 Å². The number of halogens is 1. The molecule has 4 aromatic rings. The van der Waals surface area contributed by atoms with E-state index in [1.165, 1.54) is 7.11 Å². The third kappa shape index (κ3) is 6.55. The topological polar surface area (TPSA) is 118 Å². The molecule has 0 bridgehead atoms. The number of ether oxygens (including phenoxy) is 2. The summed E-state index contributed by atoms with van der Waals surface area (Å²) >= 11 is 3.62. The van der Waals surface area contributed by atoms with Crippen LogP contribution >= 0.6 is 23.9 Å². The lowest BCUT2D eigenvalue weighted by Gasteiger charge is -2.46. The zero-order valence-corrected chi connectivity index (χ0v) is 28.7. The van der Waals surface area contributed by atoms with Gasteiger partial charge >= 0.3 is 5.97 Å². The van der Waals surface area contributed by atoms with E-state index in [1.807, 2.05) is 12.1 Å². The van der Waals surface area contributed by atoms with E-state index >= 15 is 0 Å². The van der Waals surface area contributed by atoms with Crippen molar-refractivity contribution < 1.29 is 14.3 Å². The SMILES string of the molecule is COC(=O)C1CN(C2CCN(c3cc(OC)c(Nc4ncc(Br)c(Nc5ccc6nccnc6c5P(C)C)n4)cc3C)CC2)C1. The number of nitrogens with one attached hydrogen (secondary N) is 2. The first-order valence-corrected chi connectivity index (χ1v) is 18.0. The maximum atomic E-state index is 11.8. The van der Waals surface area contributed by atoms with Gasteiger partial charge in [-0.1, -0.05) is 7.92 Å². The first-order chi connectivity index (χ1) is 21.7. The summed E-state index contributed by atoms with van der Waals surface area (Å²) in [5.74, 6) is 1.74. The van der Waals surface area contributed by atoms with Crippen LogP contribution in [0, 0.1) is 12.8 Å². The average Bonchev–Trinajstić information content (AvgIpc) is 3.02. The number of esters is 1. The highest BCUT2D eigenvalue weighted by Crippen LogP contribution is 2.38. The zero-order valence-electron chi connectivity index (χ0n) is 26.2. The van der Waals surface area contributed by atoms with Gasteiger partial charge in [0.2, 0.25) is 5.95 Å². The largest absolute Gasteiger partial charge is 0.494 e. The Bertz CT molecular complexity index is 1710. The van der Waals surface area contributed by atoms with Gasteiger partial charge in [-0.2, -0.15) is 4.98 Å². The molecule has 11 nitrogen and oxygen atoms in total. The Morgan fingerprint density at radius 2 is 1.78 bits per heavy atom. The van der Waals surface area contributed by atoms with E-state index < -0.39 is 7.92 Å². The van der Waals surface area contributed by atoms with Crippen molar-refractivity contribution in [2.45, 2.75) is 25.8 Å². The number of fused-ring (bicyclic) bond motifs is 1. The lowest BCUT2D eigenvalue weighted by atomic mass is 9.93. The van der Waals surface area contributed by atoms with Gasteiger partial charge in [0, 0.05) is 73.6 Å². The summed E-state index contributed by atoms with van der Waals surface area (Å²) in [5, 5.41) is 8.03. The number of piperidine rings is 1. The fourth-order valence-electron chi connectivity index (χ4n) is 6.22.